The monoisotopic (exact) mass is 247 g/mol. The molecule has 0 aliphatic heterocycles. The number of hydrogen-bond donors (Lipinski definition) is 0. The summed E-state index contributed by atoms with van der Waals surface area (Å²) in [5.41, 5.74) is 0. The average molecular weight is 248 g/mol. The van der Waals surface area contributed by atoms with E-state index in [4.69, 9.17) is 0 Å². The molecule has 13 heavy (non-hydrogen) atoms. The maximum absolute atomic E-state index is 3.55. The van der Waals surface area contributed by atoms with Crippen LogP contribution in [0.4, 0.5) is 0 Å². The smallest absolute Gasteiger partial charge is 0.0159 e. The highest BCUT2D eigenvalue weighted by molar-refractivity contribution is 9.09. The quantitative estimate of drug-likeness (QED) is 0.625. The second kappa shape index (κ2) is 6.02. The molecule has 0 saturated heterocycles. The predicted octanol–water partition coefficient (Wildman–Crippen LogP) is 3.28. The van der Waals surface area contributed by atoms with Crippen molar-refractivity contribution >= 4 is 15.9 Å². The van der Waals surface area contributed by atoms with Crippen molar-refractivity contribution in [1.29, 1.82) is 0 Å². The fourth-order valence-electron chi connectivity index (χ4n) is 1.97. The Morgan fingerprint density at radius 2 is 1.92 bits per heavy atom. The van der Waals surface area contributed by atoms with E-state index in [-0.39, 0.29) is 0 Å². The SMILES string of the molecule is CCC(CC)N(CCBr)CC1CC1. The van der Waals surface area contributed by atoms with Crippen molar-refractivity contribution in [2.24, 2.45) is 5.92 Å². The van der Waals surface area contributed by atoms with Gasteiger partial charge in [-0.2, -0.15) is 0 Å². The van der Waals surface area contributed by atoms with Gasteiger partial charge in [0.25, 0.3) is 0 Å². The van der Waals surface area contributed by atoms with E-state index >= 15 is 0 Å². The summed E-state index contributed by atoms with van der Waals surface area (Å²) in [4.78, 5) is 2.67. The Labute approximate surface area is 91.0 Å². The zero-order chi connectivity index (χ0) is 9.68. The number of halogens is 1. The molecule has 0 amide bonds. The predicted molar refractivity (Wildman–Crippen MR) is 62.5 cm³/mol. The minimum Gasteiger partial charge on any atom is -0.299 e. The zero-order valence-electron chi connectivity index (χ0n) is 8.93. The second-order valence-corrected chi connectivity index (χ2v) is 4.89. The molecule has 1 aliphatic rings. The van der Waals surface area contributed by atoms with Crippen LogP contribution in [0.1, 0.15) is 39.5 Å². The van der Waals surface area contributed by atoms with Crippen LogP contribution in [0.2, 0.25) is 0 Å². The molecule has 1 aliphatic carbocycles. The van der Waals surface area contributed by atoms with Gasteiger partial charge in [0.05, 0.1) is 0 Å². The number of hydrogen-bond acceptors (Lipinski definition) is 1. The van der Waals surface area contributed by atoms with E-state index in [2.05, 4.69) is 34.7 Å². The Bertz CT molecular complexity index is 130. The van der Waals surface area contributed by atoms with Gasteiger partial charge in [-0.15, -0.1) is 0 Å². The van der Waals surface area contributed by atoms with Gasteiger partial charge in [0.15, 0.2) is 0 Å². The molecule has 0 heterocycles. The third-order valence-corrected chi connectivity index (χ3v) is 3.37. The summed E-state index contributed by atoms with van der Waals surface area (Å²) in [6.45, 7) is 7.19. The van der Waals surface area contributed by atoms with Gasteiger partial charge in [-0.25, -0.2) is 0 Å². The third-order valence-electron chi connectivity index (χ3n) is 3.02. The number of alkyl halides is 1. The molecule has 0 radical (unpaired) electrons. The van der Waals surface area contributed by atoms with Crippen LogP contribution in [0.15, 0.2) is 0 Å². The normalized spacial score (nSPS) is 17.3. The summed E-state index contributed by atoms with van der Waals surface area (Å²) in [6.07, 6.45) is 5.55. The van der Waals surface area contributed by atoms with Crippen LogP contribution in [0.25, 0.3) is 0 Å². The molecule has 1 nitrogen and oxygen atoms in total. The van der Waals surface area contributed by atoms with E-state index in [1.54, 1.807) is 0 Å². The van der Waals surface area contributed by atoms with E-state index in [0.29, 0.717) is 0 Å². The molecule has 2 heteroatoms. The molecule has 0 atom stereocenters. The van der Waals surface area contributed by atoms with Crippen LogP contribution >= 0.6 is 15.9 Å². The lowest BCUT2D eigenvalue weighted by Crippen LogP contribution is -2.37. The Balaban J connectivity index is 2.32. The van der Waals surface area contributed by atoms with Crippen LogP contribution < -0.4 is 0 Å². The van der Waals surface area contributed by atoms with Crippen LogP contribution in [0.5, 0.6) is 0 Å². The largest absolute Gasteiger partial charge is 0.299 e. The molecular formula is C11H22BrN. The van der Waals surface area contributed by atoms with Gasteiger partial charge in [0.2, 0.25) is 0 Å². The van der Waals surface area contributed by atoms with Crippen LogP contribution in [0, 0.1) is 5.92 Å². The van der Waals surface area contributed by atoms with Crippen molar-refractivity contribution in [3.63, 3.8) is 0 Å². The first kappa shape index (κ1) is 11.5. The van der Waals surface area contributed by atoms with Gasteiger partial charge in [-0.05, 0) is 31.6 Å². The zero-order valence-corrected chi connectivity index (χ0v) is 10.5. The summed E-state index contributed by atoms with van der Waals surface area (Å²) in [5.74, 6) is 1.03. The van der Waals surface area contributed by atoms with E-state index in [0.717, 1.165) is 17.3 Å². The van der Waals surface area contributed by atoms with Gasteiger partial charge in [0.1, 0.15) is 0 Å². The summed E-state index contributed by atoms with van der Waals surface area (Å²) in [5, 5.41) is 1.12. The van der Waals surface area contributed by atoms with Crippen LogP contribution in [0.3, 0.4) is 0 Å². The Morgan fingerprint density at radius 3 is 2.31 bits per heavy atom. The summed E-state index contributed by atoms with van der Waals surface area (Å²) >= 11 is 3.55. The van der Waals surface area contributed by atoms with Gasteiger partial charge in [-0.3, -0.25) is 4.90 Å². The first-order valence-electron chi connectivity index (χ1n) is 5.61. The lowest BCUT2D eigenvalue weighted by molar-refractivity contribution is 0.189. The lowest BCUT2D eigenvalue weighted by atomic mass is 10.1. The van der Waals surface area contributed by atoms with Crippen molar-refractivity contribution in [2.75, 3.05) is 18.4 Å². The molecule has 0 aromatic heterocycles. The first-order valence-corrected chi connectivity index (χ1v) is 6.73. The van der Waals surface area contributed by atoms with Gasteiger partial charge in [0, 0.05) is 24.5 Å². The average Bonchev–Trinajstić information content (AvgIpc) is 2.91. The molecule has 1 rings (SSSR count). The van der Waals surface area contributed by atoms with Gasteiger partial charge < -0.3 is 0 Å². The van der Waals surface area contributed by atoms with E-state index in [1.807, 2.05) is 0 Å². The lowest BCUT2D eigenvalue weighted by Gasteiger charge is -2.29. The molecule has 1 fully saturated rings. The summed E-state index contributed by atoms with van der Waals surface area (Å²) in [7, 11) is 0. The van der Waals surface area contributed by atoms with Crippen molar-refractivity contribution < 1.29 is 0 Å². The molecule has 78 valence electrons. The molecule has 0 bridgehead atoms. The number of rotatable bonds is 7. The molecule has 0 spiro atoms. The molecule has 0 N–H and O–H groups in total. The highest BCUT2D eigenvalue weighted by Crippen LogP contribution is 2.30. The van der Waals surface area contributed by atoms with Crippen LogP contribution in [-0.2, 0) is 0 Å². The van der Waals surface area contributed by atoms with Gasteiger partial charge in [-0.1, -0.05) is 29.8 Å². The molecule has 0 unspecified atom stereocenters. The summed E-state index contributed by atoms with van der Waals surface area (Å²) < 4.78 is 0. The highest BCUT2D eigenvalue weighted by Gasteiger charge is 2.26. The Hall–Kier alpha value is 0.440. The van der Waals surface area contributed by atoms with E-state index in [9.17, 15) is 0 Å². The van der Waals surface area contributed by atoms with Crippen molar-refractivity contribution in [1.82, 2.24) is 4.90 Å². The molecule has 0 aromatic rings. The standard InChI is InChI=1S/C11H22BrN/c1-3-11(4-2)13(8-7-12)9-10-5-6-10/h10-11H,3-9H2,1-2H3. The minimum atomic E-state index is 0.818. The maximum atomic E-state index is 3.55. The molecule has 1 saturated carbocycles. The molecular weight excluding hydrogens is 226 g/mol. The highest BCUT2D eigenvalue weighted by atomic mass is 79.9. The van der Waals surface area contributed by atoms with Crippen molar-refractivity contribution in [3.05, 3.63) is 0 Å². The first-order chi connectivity index (χ1) is 6.31. The topological polar surface area (TPSA) is 3.24 Å². The molecule has 0 aromatic carbocycles. The van der Waals surface area contributed by atoms with Gasteiger partial charge >= 0.3 is 0 Å². The van der Waals surface area contributed by atoms with E-state index in [1.165, 1.54) is 38.8 Å². The fourth-order valence-corrected chi connectivity index (χ4v) is 2.42. The second-order valence-electron chi connectivity index (χ2n) is 4.10. The fraction of sp³-hybridized carbons (Fsp3) is 1.00. The van der Waals surface area contributed by atoms with E-state index < -0.39 is 0 Å². The third kappa shape index (κ3) is 3.99. The number of nitrogens with zero attached hydrogens (tertiary/aromatic N) is 1. The Morgan fingerprint density at radius 1 is 1.31 bits per heavy atom. The maximum Gasteiger partial charge on any atom is 0.0159 e. The minimum absolute atomic E-state index is 0.818. The summed E-state index contributed by atoms with van der Waals surface area (Å²) in [6, 6.07) is 0.818. The van der Waals surface area contributed by atoms with Crippen molar-refractivity contribution in [3.8, 4) is 0 Å². The Kier molecular flexibility index (Phi) is 5.34. The van der Waals surface area contributed by atoms with Crippen LogP contribution in [-0.4, -0.2) is 29.4 Å². The van der Waals surface area contributed by atoms with Crippen molar-refractivity contribution in [2.45, 2.75) is 45.6 Å².